The maximum Gasteiger partial charge on any atom is 0.276 e. The Hall–Kier alpha value is -3.04. The molecule has 0 unspecified atom stereocenters. The minimum absolute atomic E-state index is 0.102. The summed E-state index contributed by atoms with van der Waals surface area (Å²) in [6.45, 7) is 0. The first kappa shape index (κ1) is 19.3. The van der Waals surface area contributed by atoms with E-state index in [0.717, 1.165) is 4.31 Å². The molecular weight excluding hydrogens is 358 g/mol. The highest BCUT2D eigenvalue weighted by Crippen LogP contribution is 2.19. The molecule has 0 saturated heterocycles. The summed E-state index contributed by atoms with van der Waals surface area (Å²) in [5.41, 5.74) is 0.606. The number of carbonyl (C=O) groups is 1. The molecule has 0 aromatic heterocycles. The van der Waals surface area contributed by atoms with E-state index in [4.69, 9.17) is 0 Å². The molecule has 0 saturated carbocycles. The molecule has 0 bridgehead atoms. The van der Waals surface area contributed by atoms with E-state index >= 15 is 0 Å². The fourth-order valence-corrected chi connectivity index (χ4v) is 2.97. The lowest BCUT2D eigenvalue weighted by atomic mass is 10.1. The Morgan fingerprint density at radius 1 is 1.12 bits per heavy atom. The average molecular weight is 375 g/mol. The van der Waals surface area contributed by atoms with Crippen LogP contribution in [0.1, 0.15) is 5.56 Å². The van der Waals surface area contributed by atoms with Gasteiger partial charge in [-0.25, -0.2) is 12.7 Å². The van der Waals surface area contributed by atoms with Crippen molar-refractivity contribution in [2.75, 3.05) is 19.4 Å². The zero-order chi connectivity index (χ0) is 19.3. The lowest BCUT2D eigenvalue weighted by Gasteiger charge is -2.11. The van der Waals surface area contributed by atoms with Gasteiger partial charge in [0.1, 0.15) is 0 Å². The number of hydrogen-bond acceptors (Lipinski definition) is 5. The van der Waals surface area contributed by atoms with Gasteiger partial charge in [0.05, 0.1) is 15.4 Å². The molecule has 0 fully saturated rings. The molecule has 0 aliphatic carbocycles. The van der Waals surface area contributed by atoms with Crippen LogP contribution in [0.3, 0.4) is 0 Å². The first-order chi connectivity index (χ1) is 12.2. The van der Waals surface area contributed by atoms with E-state index in [9.17, 15) is 23.3 Å². The van der Waals surface area contributed by atoms with E-state index in [-0.39, 0.29) is 10.6 Å². The van der Waals surface area contributed by atoms with Crippen LogP contribution in [0.5, 0.6) is 0 Å². The molecule has 0 spiro atoms. The number of nitrogens with one attached hydrogen (secondary N) is 1. The summed E-state index contributed by atoms with van der Waals surface area (Å²) in [5, 5.41) is 13.5. The molecule has 0 aliphatic rings. The number of nitrogens with zero attached hydrogens (tertiary/aromatic N) is 2. The fraction of sp³-hybridized carbons (Fsp3) is 0.118. The van der Waals surface area contributed by atoms with E-state index in [1.165, 1.54) is 62.6 Å². The number of para-hydroxylation sites is 1. The summed E-state index contributed by atoms with van der Waals surface area (Å²) in [4.78, 5) is 22.5. The summed E-state index contributed by atoms with van der Waals surface area (Å²) in [5.74, 6) is -0.494. The maximum atomic E-state index is 12.0. The minimum Gasteiger partial charge on any atom is -0.323 e. The first-order valence-corrected chi connectivity index (χ1v) is 8.91. The van der Waals surface area contributed by atoms with E-state index in [2.05, 4.69) is 5.32 Å². The Morgan fingerprint density at radius 2 is 1.73 bits per heavy atom. The number of benzene rings is 2. The molecular formula is C17H17N3O5S. The number of carbonyl (C=O) groups excluding carboxylic acids is 1. The van der Waals surface area contributed by atoms with Crippen molar-refractivity contribution >= 4 is 33.4 Å². The van der Waals surface area contributed by atoms with Gasteiger partial charge >= 0.3 is 0 Å². The van der Waals surface area contributed by atoms with Gasteiger partial charge < -0.3 is 5.32 Å². The number of nitro groups is 1. The minimum atomic E-state index is -3.54. The number of anilines is 1. The van der Waals surface area contributed by atoms with Gasteiger partial charge in [-0.3, -0.25) is 14.9 Å². The Labute approximate surface area is 151 Å². The monoisotopic (exact) mass is 375 g/mol. The standard InChI is InChI=1S/C17H17N3O5S/c1-19(2)26(24,25)15-10-8-14(9-11-15)18-17(21)12-7-13-5-3-4-6-16(13)20(22)23/h3-12H,1-2H3,(H,18,21)/b12-7+. The molecule has 0 radical (unpaired) electrons. The van der Waals surface area contributed by atoms with Crippen LogP contribution < -0.4 is 5.32 Å². The van der Waals surface area contributed by atoms with Crippen LogP contribution in [0.25, 0.3) is 6.08 Å². The fourth-order valence-electron chi connectivity index (χ4n) is 2.07. The van der Waals surface area contributed by atoms with Crippen LogP contribution in [0.4, 0.5) is 11.4 Å². The summed E-state index contributed by atoms with van der Waals surface area (Å²) < 4.78 is 25.1. The molecule has 0 atom stereocenters. The van der Waals surface area contributed by atoms with Crippen LogP contribution in [-0.4, -0.2) is 37.6 Å². The van der Waals surface area contributed by atoms with Crippen molar-refractivity contribution in [3.05, 3.63) is 70.3 Å². The highest BCUT2D eigenvalue weighted by atomic mass is 32.2. The molecule has 0 heterocycles. The highest BCUT2D eigenvalue weighted by Gasteiger charge is 2.16. The number of sulfonamides is 1. The van der Waals surface area contributed by atoms with Crippen molar-refractivity contribution in [2.45, 2.75) is 4.90 Å². The summed E-state index contributed by atoms with van der Waals surface area (Å²) in [6.07, 6.45) is 2.52. The van der Waals surface area contributed by atoms with Crippen molar-refractivity contribution in [1.29, 1.82) is 0 Å². The van der Waals surface area contributed by atoms with Gasteiger partial charge in [0.2, 0.25) is 15.9 Å². The van der Waals surface area contributed by atoms with Crippen molar-refractivity contribution < 1.29 is 18.1 Å². The van der Waals surface area contributed by atoms with Gasteiger partial charge in [-0.05, 0) is 36.4 Å². The third kappa shape index (κ3) is 4.52. The van der Waals surface area contributed by atoms with Gasteiger partial charge in [0, 0.05) is 31.9 Å². The van der Waals surface area contributed by atoms with Gasteiger partial charge in [-0.2, -0.15) is 0 Å². The SMILES string of the molecule is CN(C)S(=O)(=O)c1ccc(NC(=O)/C=C/c2ccccc2[N+](=O)[O-])cc1. The summed E-state index contributed by atoms with van der Waals surface area (Å²) >= 11 is 0. The quantitative estimate of drug-likeness (QED) is 0.474. The summed E-state index contributed by atoms with van der Waals surface area (Å²) in [7, 11) is -0.680. The van der Waals surface area contributed by atoms with Gasteiger partial charge in [0.25, 0.3) is 5.69 Å². The van der Waals surface area contributed by atoms with Crippen LogP contribution in [-0.2, 0) is 14.8 Å². The normalized spacial score (nSPS) is 11.7. The zero-order valence-corrected chi connectivity index (χ0v) is 14.9. The van der Waals surface area contributed by atoms with Crippen molar-refractivity contribution in [3.8, 4) is 0 Å². The number of nitro benzene ring substituents is 1. The first-order valence-electron chi connectivity index (χ1n) is 7.47. The number of rotatable bonds is 6. The molecule has 1 N–H and O–H groups in total. The Kier molecular flexibility index (Phi) is 5.86. The zero-order valence-electron chi connectivity index (χ0n) is 14.1. The Balaban J connectivity index is 2.10. The molecule has 2 aromatic carbocycles. The topological polar surface area (TPSA) is 110 Å². The van der Waals surface area contributed by atoms with E-state index in [0.29, 0.717) is 11.3 Å². The average Bonchev–Trinajstić information content (AvgIpc) is 2.60. The molecule has 1 amide bonds. The van der Waals surface area contributed by atoms with Crippen LogP contribution in [0, 0.1) is 10.1 Å². The van der Waals surface area contributed by atoms with E-state index < -0.39 is 20.9 Å². The highest BCUT2D eigenvalue weighted by molar-refractivity contribution is 7.89. The van der Waals surface area contributed by atoms with Gasteiger partial charge in [0.15, 0.2) is 0 Å². The van der Waals surface area contributed by atoms with Crippen LogP contribution >= 0.6 is 0 Å². The number of amides is 1. The summed E-state index contributed by atoms with van der Waals surface area (Å²) in [6, 6.07) is 11.8. The predicted octanol–water partition coefficient (Wildman–Crippen LogP) is 2.50. The van der Waals surface area contributed by atoms with E-state index in [1.807, 2.05) is 0 Å². The third-order valence-electron chi connectivity index (χ3n) is 3.45. The molecule has 2 aromatic rings. The van der Waals surface area contributed by atoms with Crippen molar-refractivity contribution in [2.24, 2.45) is 0 Å². The molecule has 8 nitrogen and oxygen atoms in total. The van der Waals surface area contributed by atoms with Crippen molar-refractivity contribution in [3.63, 3.8) is 0 Å². The Bertz CT molecular complexity index is 951. The second-order valence-corrected chi connectivity index (χ2v) is 7.60. The van der Waals surface area contributed by atoms with E-state index in [1.54, 1.807) is 12.1 Å². The second kappa shape index (κ2) is 7.89. The number of hydrogen-bond donors (Lipinski definition) is 1. The molecule has 0 aliphatic heterocycles. The van der Waals surface area contributed by atoms with Crippen molar-refractivity contribution in [1.82, 2.24) is 4.31 Å². The maximum absolute atomic E-state index is 12.0. The smallest absolute Gasteiger partial charge is 0.276 e. The van der Waals surface area contributed by atoms with Crippen LogP contribution in [0.15, 0.2) is 59.5 Å². The third-order valence-corrected chi connectivity index (χ3v) is 5.28. The molecule has 26 heavy (non-hydrogen) atoms. The lowest BCUT2D eigenvalue weighted by molar-refractivity contribution is -0.385. The van der Waals surface area contributed by atoms with Crippen LogP contribution in [0.2, 0.25) is 0 Å². The second-order valence-electron chi connectivity index (χ2n) is 5.45. The Morgan fingerprint density at radius 3 is 2.31 bits per heavy atom. The molecule has 136 valence electrons. The predicted molar refractivity (Wildman–Crippen MR) is 98.1 cm³/mol. The lowest BCUT2D eigenvalue weighted by Crippen LogP contribution is -2.22. The largest absolute Gasteiger partial charge is 0.323 e. The molecule has 9 heteroatoms. The van der Waals surface area contributed by atoms with Gasteiger partial charge in [-0.1, -0.05) is 12.1 Å². The molecule has 2 rings (SSSR count). The van der Waals surface area contributed by atoms with Gasteiger partial charge in [-0.15, -0.1) is 0 Å².